The third-order valence-electron chi connectivity index (χ3n) is 2.42. The Morgan fingerprint density at radius 3 is 2.83 bits per heavy atom. The van der Waals surface area contributed by atoms with Crippen LogP contribution in [0, 0.1) is 0 Å². The van der Waals surface area contributed by atoms with Gasteiger partial charge in [-0.2, -0.15) is 0 Å². The summed E-state index contributed by atoms with van der Waals surface area (Å²) in [5.41, 5.74) is 5.48. The number of carbonyl (C=O) groups excluding carboxylic acids is 1. The second-order valence-corrected chi connectivity index (χ2v) is 6.32. The average Bonchev–Trinajstić information content (AvgIpc) is 2.85. The van der Waals surface area contributed by atoms with Crippen molar-refractivity contribution in [2.75, 3.05) is 25.5 Å². The van der Waals surface area contributed by atoms with E-state index in [1.165, 1.54) is 11.3 Å². The fraction of sp³-hybridized carbons (Fsp3) is 0.455. The minimum atomic E-state index is -0.0745. The van der Waals surface area contributed by atoms with E-state index in [1.807, 2.05) is 32.0 Å². The third kappa shape index (κ3) is 2.63. The predicted octanol–water partition coefficient (Wildman–Crippen LogP) is 1.50. The number of carbonyl (C=O) groups is 1. The van der Waals surface area contributed by atoms with Gasteiger partial charge in [-0.3, -0.25) is 4.79 Å². The summed E-state index contributed by atoms with van der Waals surface area (Å²) < 4.78 is 1.05. The van der Waals surface area contributed by atoms with E-state index in [2.05, 4.69) is 10.3 Å². The zero-order valence-corrected chi connectivity index (χ0v) is 12.2. The summed E-state index contributed by atoms with van der Waals surface area (Å²) >= 11 is 3.00. The quantitative estimate of drug-likeness (QED) is 0.892. The summed E-state index contributed by atoms with van der Waals surface area (Å²) in [6.07, 6.45) is 0. The van der Waals surface area contributed by atoms with Gasteiger partial charge >= 0.3 is 0 Å². The van der Waals surface area contributed by atoms with Crippen molar-refractivity contribution in [2.45, 2.75) is 13.0 Å². The highest BCUT2D eigenvalue weighted by Crippen LogP contribution is 2.33. The first kappa shape index (κ1) is 13.3. The number of fused-ring (bicyclic) bond motifs is 1. The van der Waals surface area contributed by atoms with Crippen molar-refractivity contribution < 1.29 is 4.79 Å². The lowest BCUT2D eigenvalue weighted by molar-refractivity contribution is 0.0945. The monoisotopic (exact) mass is 284 g/mol. The van der Waals surface area contributed by atoms with Crippen LogP contribution in [-0.4, -0.2) is 37.6 Å². The molecular formula is C11H16N4OS2. The van der Waals surface area contributed by atoms with Gasteiger partial charge in [0.25, 0.3) is 5.91 Å². The van der Waals surface area contributed by atoms with Gasteiger partial charge in [0.2, 0.25) is 0 Å². The van der Waals surface area contributed by atoms with Crippen LogP contribution in [-0.2, 0) is 0 Å². The maximum absolute atomic E-state index is 11.9. The van der Waals surface area contributed by atoms with E-state index >= 15 is 0 Å². The Morgan fingerprint density at radius 1 is 1.56 bits per heavy atom. The molecule has 2 aromatic heterocycles. The summed E-state index contributed by atoms with van der Waals surface area (Å²) in [4.78, 5) is 19.9. The van der Waals surface area contributed by atoms with Crippen LogP contribution in [0.5, 0.6) is 0 Å². The lowest BCUT2D eigenvalue weighted by Gasteiger charge is -2.09. The zero-order valence-electron chi connectivity index (χ0n) is 10.6. The van der Waals surface area contributed by atoms with E-state index < -0.39 is 0 Å². The first-order valence-electron chi connectivity index (χ1n) is 5.60. The Kier molecular flexibility index (Phi) is 3.84. The first-order valence-corrected chi connectivity index (χ1v) is 7.23. The number of thiazole rings is 1. The third-order valence-corrected chi connectivity index (χ3v) is 4.74. The smallest absolute Gasteiger partial charge is 0.261 e. The summed E-state index contributed by atoms with van der Waals surface area (Å²) in [6.45, 7) is 2.32. The van der Waals surface area contributed by atoms with E-state index in [4.69, 9.17) is 5.73 Å². The number of hydrogen-bond acceptors (Lipinski definition) is 6. The molecule has 18 heavy (non-hydrogen) atoms. The Bertz CT molecular complexity index is 529. The SMILES string of the molecule is C[C@@H](CN)NC(=O)c1cc2sc(N(C)C)nc2s1. The number of hydrogen-bond donors (Lipinski definition) is 2. The number of nitrogens with two attached hydrogens (primary N) is 1. The highest BCUT2D eigenvalue weighted by molar-refractivity contribution is 7.29. The summed E-state index contributed by atoms with van der Waals surface area (Å²) in [5.74, 6) is -0.0745. The molecule has 0 unspecified atom stereocenters. The van der Waals surface area contributed by atoms with E-state index in [0.717, 1.165) is 14.7 Å². The molecule has 98 valence electrons. The van der Waals surface area contributed by atoms with Crippen molar-refractivity contribution in [3.63, 3.8) is 0 Å². The molecule has 0 saturated carbocycles. The number of nitrogens with zero attached hydrogens (tertiary/aromatic N) is 2. The fourth-order valence-corrected chi connectivity index (χ4v) is 3.42. The number of anilines is 1. The number of nitrogens with one attached hydrogen (secondary N) is 1. The van der Waals surface area contributed by atoms with Gasteiger partial charge in [0.05, 0.1) is 9.58 Å². The topological polar surface area (TPSA) is 71.2 Å². The van der Waals surface area contributed by atoms with E-state index in [-0.39, 0.29) is 11.9 Å². The average molecular weight is 284 g/mol. The molecule has 1 atom stereocenters. The van der Waals surface area contributed by atoms with Crippen LogP contribution in [0.25, 0.3) is 9.53 Å². The minimum absolute atomic E-state index is 0.0112. The van der Waals surface area contributed by atoms with Gasteiger partial charge in [0.15, 0.2) is 5.13 Å². The highest BCUT2D eigenvalue weighted by Gasteiger charge is 2.15. The number of amides is 1. The predicted molar refractivity (Wildman–Crippen MR) is 77.8 cm³/mol. The van der Waals surface area contributed by atoms with Crippen LogP contribution in [0.1, 0.15) is 16.6 Å². The van der Waals surface area contributed by atoms with Crippen LogP contribution < -0.4 is 16.0 Å². The molecular weight excluding hydrogens is 268 g/mol. The molecule has 2 heterocycles. The molecule has 2 rings (SSSR count). The second kappa shape index (κ2) is 5.21. The summed E-state index contributed by atoms with van der Waals surface area (Å²) in [7, 11) is 3.91. The highest BCUT2D eigenvalue weighted by atomic mass is 32.1. The normalized spacial score (nSPS) is 12.7. The van der Waals surface area contributed by atoms with Crippen molar-refractivity contribution >= 4 is 43.2 Å². The molecule has 7 heteroatoms. The lowest BCUT2D eigenvalue weighted by Crippen LogP contribution is -2.37. The maximum atomic E-state index is 11.9. The van der Waals surface area contributed by atoms with E-state index in [9.17, 15) is 4.79 Å². The van der Waals surface area contributed by atoms with Gasteiger partial charge in [-0.1, -0.05) is 11.3 Å². The van der Waals surface area contributed by atoms with Crippen molar-refractivity contribution in [1.82, 2.24) is 10.3 Å². The van der Waals surface area contributed by atoms with Gasteiger partial charge in [0, 0.05) is 26.7 Å². The van der Waals surface area contributed by atoms with Crippen molar-refractivity contribution in [2.24, 2.45) is 5.73 Å². The fourth-order valence-electron chi connectivity index (χ4n) is 1.38. The summed E-state index contributed by atoms with van der Waals surface area (Å²) in [5, 5.41) is 3.80. The Labute approximate surface area is 114 Å². The Morgan fingerprint density at radius 2 is 2.28 bits per heavy atom. The molecule has 3 N–H and O–H groups in total. The molecule has 0 bridgehead atoms. The number of rotatable bonds is 4. The van der Waals surface area contributed by atoms with E-state index in [0.29, 0.717) is 11.4 Å². The minimum Gasteiger partial charge on any atom is -0.354 e. The molecule has 0 saturated heterocycles. The van der Waals surface area contributed by atoms with E-state index in [1.54, 1.807) is 11.3 Å². The maximum Gasteiger partial charge on any atom is 0.261 e. The second-order valence-electron chi connectivity index (χ2n) is 4.28. The Hall–Kier alpha value is -1.18. The standard InChI is InChI=1S/C11H16N4OS2/c1-6(5-12)13-9(16)7-4-8-10(17-7)14-11(18-8)15(2)3/h4,6H,5,12H2,1-3H3,(H,13,16)/t6-/m0/s1. The molecule has 0 aliphatic carbocycles. The molecule has 0 radical (unpaired) electrons. The molecule has 0 spiro atoms. The van der Waals surface area contributed by atoms with Crippen LogP contribution in [0.3, 0.4) is 0 Å². The van der Waals surface area contributed by atoms with Gasteiger partial charge < -0.3 is 16.0 Å². The van der Waals surface area contributed by atoms with Gasteiger partial charge in [0.1, 0.15) is 4.83 Å². The van der Waals surface area contributed by atoms with Crippen LogP contribution >= 0.6 is 22.7 Å². The van der Waals surface area contributed by atoms with Crippen molar-refractivity contribution in [1.29, 1.82) is 0 Å². The molecule has 0 aromatic carbocycles. The van der Waals surface area contributed by atoms with Gasteiger partial charge in [-0.25, -0.2) is 4.98 Å². The summed E-state index contributed by atoms with van der Waals surface area (Å²) in [6, 6.07) is 1.88. The largest absolute Gasteiger partial charge is 0.354 e. The van der Waals surface area contributed by atoms with Crippen LogP contribution in [0.4, 0.5) is 5.13 Å². The molecule has 0 fully saturated rings. The van der Waals surface area contributed by atoms with Gasteiger partial charge in [-0.05, 0) is 13.0 Å². The number of thiophene rings is 1. The van der Waals surface area contributed by atoms with Crippen LogP contribution in [0.2, 0.25) is 0 Å². The Balaban J connectivity index is 2.20. The zero-order chi connectivity index (χ0) is 13.3. The number of aromatic nitrogens is 1. The molecule has 1 amide bonds. The van der Waals surface area contributed by atoms with Crippen molar-refractivity contribution in [3.05, 3.63) is 10.9 Å². The molecule has 2 aromatic rings. The molecule has 0 aliphatic heterocycles. The lowest BCUT2D eigenvalue weighted by atomic mass is 10.3. The van der Waals surface area contributed by atoms with Crippen LogP contribution in [0.15, 0.2) is 6.07 Å². The first-order chi connectivity index (χ1) is 8.51. The van der Waals surface area contributed by atoms with Gasteiger partial charge in [-0.15, -0.1) is 11.3 Å². The molecule has 5 nitrogen and oxygen atoms in total. The molecule has 0 aliphatic rings. The van der Waals surface area contributed by atoms with Crippen molar-refractivity contribution in [3.8, 4) is 0 Å².